The van der Waals surface area contributed by atoms with Crippen molar-refractivity contribution in [1.82, 2.24) is 0 Å². The molecule has 0 unspecified atom stereocenters. The third-order valence-electron chi connectivity index (χ3n) is 9.76. The average molecular weight is 793 g/mol. The second-order valence-electron chi connectivity index (χ2n) is 13.8. The second kappa shape index (κ2) is 21.2. The maximum absolute atomic E-state index is 6.59. The van der Waals surface area contributed by atoms with Crippen LogP contribution in [0.15, 0.2) is 224 Å². The van der Waals surface area contributed by atoms with Gasteiger partial charge in [-0.05, 0) is 96.4 Å². The molecule has 0 bridgehead atoms. The number of benzene rings is 6. The highest BCUT2D eigenvalue weighted by atomic mass is 32.2. The molecule has 2 aliphatic rings. The van der Waals surface area contributed by atoms with Gasteiger partial charge in [0, 0.05) is 38.5 Å². The number of nitrogens with one attached hydrogen (secondary N) is 1. The van der Waals surface area contributed by atoms with Gasteiger partial charge < -0.3 is 20.9 Å². The molecule has 6 aromatic carbocycles. The Morgan fingerprint density at radius 2 is 0.966 bits per heavy atom. The van der Waals surface area contributed by atoms with Crippen molar-refractivity contribution in [3.8, 4) is 0 Å². The van der Waals surface area contributed by atoms with Gasteiger partial charge in [-0.25, -0.2) is 0 Å². The van der Waals surface area contributed by atoms with Gasteiger partial charge in [0.2, 0.25) is 0 Å². The lowest BCUT2D eigenvalue weighted by Gasteiger charge is -2.42. The van der Waals surface area contributed by atoms with Crippen molar-refractivity contribution in [3.05, 3.63) is 231 Å². The van der Waals surface area contributed by atoms with Crippen LogP contribution < -0.4 is 20.9 Å². The van der Waals surface area contributed by atoms with Gasteiger partial charge in [0.15, 0.2) is 0 Å². The van der Waals surface area contributed by atoms with Crippen molar-refractivity contribution in [2.45, 2.75) is 49.8 Å². The van der Waals surface area contributed by atoms with Gasteiger partial charge in [-0.2, -0.15) is 0 Å². The van der Waals surface area contributed by atoms with E-state index >= 15 is 0 Å². The largest absolute Gasteiger partial charge is 0.397 e. The Labute approximate surface area is 357 Å². The van der Waals surface area contributed by atoms with Crippen LogP contribution in [0, 0.1) is 0 Å². The first-order chi connectivity index (χ1) is 28.8. The van der Waals surface area contributed by atoms with Crippen molar-refractivity contribution in [2.24, 2.45) is 5.73 Å². The molecule has 8 rings (SSSR count). The Morgan fingerprint density at radius 1 is 0.559 bits per heavy atom. The minimum Gasteiger partial charge on any atom is -0.397 e. The van der Waals surface area contributed by atoms with Gasteiger partial charge in [-0.1, -0.05) is 175 Å². The monoisotopic (exact) mass is 792 g/mol. The van der Waals surface area contributed by atoms with Gasteiger partial charge in [0.25, 0.3) is 0 Å². The lowest BCUT2D eigenvalue weighted by atomic mass is 9.73. The molecule has 0 saturated carbocycles. The minimum atomic E-state index is -0.0809. The van der Waals surface area contributed by atoms with Crippen molar-refractivity contribution >= 4 is 57.3 Å². The zero-order chi connectivity index (χ0) is 42.2. The zero-order valence-corrected chi connectivity index (χ0v) is 35.8. The number of hydrogen-bond acceptors (Lipinski definition) is 5. The van der Waals surface area contributed by atoms with Crippen LogP contribution in [0.4, 0.5) is 39.8 Å². The number of anilines is 7. The highest BCUT2D eigenvalue weighted by Crippen LogP contribution is 2.52. The molecule has 4 nitrogen and oxygen atoms in total. The van der Waals surface area contributed by atoms with E-state index in [1.165, 1.54) is 43.7 Å². The molecule has 5 heteroatoms. The third-order valence-corrected chi connectivity index (χ3v) is 10.9. The van der Waals surface area contributed by atoms with Crippen molar-refractivity contribution in [3.63, 3.8) is 0 Å². The van der Waals surface area contributed by atoms with Crippen LogP contribution >= 0.6 is 11.8 Å². The Morgan fingerprint density at radius 3 is 1.41 bits per heavy atom. The van der Waals surface area contributed by atoms with E-state index in [-0.39, 0.29) is 5.41 Å². The van der Waals surface area contributed by atoms with Gasteiger partial charge in [-0.3, -0.25) is 0 Å². The average Bonchev–Trinajstić information content (AvgIpc) is 3.28. The lowest BCUT2D eigenvalue weighted by molar-refractivity contribution is 0.632. The maximum Gasteiger partial charge on any atom is 0.0601 e. The molecule has 3 N–H and O–H groups in total. The Kier molecular flexibility index (Phi) is 15.6. The van der Waals surface area contributed by atoms with E-state index in [1.807, 2.05) is 63.0 Å². The number of rotatable bonds is 8. The highest BCUT2D eigenvalue weighted by molar-refractivity contribution is 7.99. The number of nitrogens with two attached hydrogens (primary N) is 1. The molecule has 6 aromatic rings. The van der Waals surface area contributed by atoms with E-state index in [9.17, 15) is 0 Å². The summed E-state index contributed by atoms with van der Waals surface area (Å²) in [7, 11) is 0. The molecule has 0 amide bonds. The quantitative estimate of drug-likeness (QED) is 0.150. The summed E-state index contributed by atoms with van der Waals surface area (Å²) in [6, 6.07) is 51.6. The Bertz CT molecular complexity index is 2310. The fraction of sp³-hybridized carbons (Fsp3) is 0.111. The first kappa shape index (κ1) is 43.4. The fourth-order valence-electron chi connectivity index (χ4n) is 6.98. The number of fused-ring (bicyclic) bond motifs is 4. The molecule has 0 aliphatic carbocycles. The number of allylic oxidation sites excluding steroid dienone is 7. The van der Waals surface area contributed by atoms with Crippen molar-refractivity contribution < 1.29 is 0 Å². The molecule has 0 atom stereocenters. The summed E-state index contributed by atoms with van der Waals surface area (Å²) in [5.41, 5.74) is 18.8. The molecule has 0 fully saturated rings. The van der Waals surface area contributed by atoms with E-state index in [0.717, 1.165) is 22.6 Å². The molecule has 0 aromatic heterocycles. The molecule has 0 saturated heterocycles. The summed E-state index contributed by atoms with van der Waals surface area (Å²) >= 11 is 1.82. The number of hydrogen-bond donors (Lipinski definition) is 2. The summed E-state index contributed by atoms with van der Waals surface area (Å²) in [4.78, 5) is 7.19. The predicted octanol–water partition coefficient (Wildman–Crippen LogP) is 15.8. The molecule has 59 heavy (non-hydrogen) atoms. The molecular formula is C54H56N4S. The number of para-hydroxylation sites is 4. The second-order valence-corrected chi connectivity index (χ2v) is 14.9. The van der Waals surface area contributed by atoms with Gasteiger partial charge in [-0.15, -0.1) is 0 Å². The first-order valence-corrected chi connectivity index (χ1v) is 20.9. The molecule has 0 spiro atoms. The van der Waals surface area contributed by atoms with Crippen molar-refractivity contribution in [1.29, 1.82) is 0 Å². The third kappa shape index (κ3) is 10.1. The van der Waals surface area contributed by atoms with Gasteiger partial charge >= 0.3 is 0 Å². The van der Waals surface area contributed by atoms with Crippen LogP contribution in [0.3, 0.4) is 0 Å². The van der Waals surface area contributed by atoms with Crippen LogP contribution in [-0.2, 0) is 5.41 Å². The normalized spacial score (nSPS) is 13.1. The summed E-state index contributed by atoms with van der Waals surface area (Å²) in [5, 5.41) is 3.40. The number of nitrogens with zero attached hydrogens (tertiary/aromatic N) is 2. The fourth-order valence-corrected chi connectivity index (χ4v) is 8.04. The van der Waals surface area contributed by atoms with Crippen molar-refractivity contribution in [2.75, 3.05) is 15.1 Å². The van der Waals surface area contributed by atoms with E-state index < -0.39 is 0 Å². The van der Waals surface area contributed by atoms with Crippen LogP contribution in [0.1, 0.15) is 51.3 Å². The Hall–Kier alpha value is -6.69. The predicted molar refractivity (Wildman–Crippen MR) is 260 cm³/mol. The van der Waals surface area contributed by atoms with Crippen LogP contribution in [0.5, 0.6) is 0 Å². The van der Waals surface area contributed by atoms with E-state index in [4.69, 9.17) is 5.73 Å². The lowest BCUT2D eigenvalue weighted by Crippen LogP contribution is -2.30. The zero-order valence-electron chi connectivity index (χ0n) is 35.0. The standard InChI is InChI=1S/C41H34N4S.C6H8.C5H8.C2H6/c1-41(2)32-11-3-5-13-35(32)44(36-14-6-4-12-33(36)41)30-23-19-28(20-24-30)34(42)27-43-29-21-25-31(26-22-29)45-37-15-7-9-17-39(37)46-40-18-10-8-16-38(40)45;1-3-5-6-4-2;1-3-5-4-2;1-2/h3-27,43H,42H2,1-2H3;3-6H,1-2H2;3-5H,1H2,2H3;1-2H3/b34-27-;6-5-;5-4-;. The summed E-state index contributed by atoms with van der Waals surface area (Å²) in [6.45, 7) is 21.0. The molecule has 0 radical (unpaired) electrons. The molecule has 2 heterocycles. The van der Waals surface area contributed by atoms with Crippen LogP contribution in [-0.4, -0.2) is 0 Å². The molecular weight excluding hydrogens is 737 g/mol. The van der Waals surface area contributed by atoms with Crippen LogP contribution in [0.25, 0.3) is 5.70 Å². The SMILES string of the molecule is C=C/C=C\C.C=C/C=C\C=C.CC.CC1(C)c2ccccc2N(c2ccc(/C(N)=C/Nc3ccc(N4c5ccccc5Sc5ccccc54)cc3)cc2)c2ccccc21. The summed E-state index contributed by atoms with van der Waals surface area (Å²) < 4.78 is 0. The van der Waals surface area contributed by atoms with E-state index in [2.05, 4.69) is 194 Å². The van der Waals surface area contributed by atoms with Crippen LogP contribution in [0.2, 0.25) is 0 Å². The molecule has 298 valence electrons. The summed E-state index contributed by atoms with van der Waals surface area (Å²) in [6.07, 6.45) is 14.5. The highest BCUT2D eigenvalue weighted by Gasteiger charge is 2.36. The smallest absolute Gasteiger partial charge is 0.0601 e. The Balaban J connectivity index is 0.000000448. The topological polar surface area (TPSA) is 44.5 Å². The first-order valence-electron chi connectivity index (χ1n) is 20.0. The maximum atomic E-state index is 6.59. The molecule has 2 aliphatic heterocycles. The van der Waals surface area contributed by atoms with Gasteiger partial charge in [0.05, 0.1) is 28.4 Å². The summed E-state index contributed by atoms with van der Waals surface area (Å²) in [5.74, 6) is 0. The van der Waals surface area contributed by atoms with E-state index in [1.54, 1.807) is 18.2 Å². The van der Waals surface area contributed by atoms with E-state index in [0.29, 0.717) is 5.70 Å². The van der Waals surface area contributed by atoms with Gasteiger partial charge in [0.1, 0.15) is 0 Å². The minimum absolute atomic E-state index is 0.0809.